The van der Waals surface area contributed by atoms with Crippen molar-refractivity contribution >= 4 is 17.8 Å². The van der Waals surface area contributed by atoms with Crippen molar-refractivity contribution in [3.63, 3.8) is 0 Å². The van der Waals surface area contributed by atoms with Crippen LogP contribution in [0.1, 0.15) is 94.9 Å². The summed E-state index contributed by atoms with van der Waals surface area (Å²) in [5.74, 6) is -4.31. The van der Waals surface area contributed by atoms with Gasteiger partial charge < -0.3 is 59.4 Å². The molecule has 0 aromatic carbocycles. The number of aliphatic hydroxyl groups is 3. The van der Waals surface area contributed by atoms with E-state index in [-0.39, 0.29) is 31.4 Å². The first-order valence-electron chi connectivity index (χ1n) is 19.9. The molecule has 2 rings (SSSR count). The lowest BCUT2D eigenvalue weighted by Gasteiger charge is -2.48. The number of amides is 1. The Kier molecular flexibility index (Phi) is 19.2. The largest absolute Gasteiger partial charge is 0.461 e. The van der Waals surface area contributed by atoms with Gasteiger partial charge in [0.25, 0.3) is 0 Å². The van der Waals surface area contributed by atoms with E-state index in [1.807, 2.05) is 25.9 Å². The van der Waals surface area contributed by atoms with Gasteiger partial charge in [-0.1, -0.05) is 34.6 Å². The molecular formula is C39H74N4O11. The number of nitrogens with one attached hydrogen (secondary N) is 2. The highest BCUT2D eigenvalue weighted by Crippen LogP contribution is 2.39. The van der Waals surface area contributed by atoms with E-state index < -0.39 is 89.7 Å². The van der Waals surface area contributed by atoms with E-state index >= 15 is 0 Å². The molecule has 15 heteroatoms. The second-order valence-electron chi connectivity index (χ2n) is 16.2. The first-order valence-corrected chi connectivity index (χ1v) is 19.9. The van der Waals surface area contributed by atoms with Gasteiger partial charge in [0.2, 0.25) is 5.91 Å². The van der Waals surface area contributed by atoms with Gasteiger partial charge in [0, 0.05) is 44.6 Å². The normalized spacial score (nSPS) is 39.1. The topological polar surface area (TPSA) is 189 Å². The molecule has 2 aliphatic heterocycles. The van der Waals surface area contributed by atoms with Gasteiger partial charge >= 0.3 is 11.9 Å². The first kappa shape index (κ1) is 48.2. The molecule has 14 atom stereocenters. The number of nitrogens with zero attached hydrogens (tertiary/aromatic N) is 2. The first-order chi connectivity index (χ1) is 25.2. The summed E-state index contributed by atoms with van der Waals surface area (Å²) in [6, 6.07) is -1.21. The molecule has 0 spiro atoms. The van der Waals surface area contributed by atoms with Gasteiger partial charge in [0.1, 0.15) is 30.0 Å². The smallest absolute Gasteiger partial charge is 0.312 e. The van der Waals surface area contributed by atoms with Gasteiger partial charge in [0.05, 0.1) is 36.2 Å². The summed E-state index contributed by atoms with van der Waals surface area (Å²) in [5, 5.41) is 40.5. The highest BCUT2D eigenvalue weighted by molar-refractivity contribution is 5.79. The zero-order chi connectivity index (χ0) is 41.1. The maximum absolute atomic E-state index is 14.1. The molecule has 2 fully saturated rings. The molecule has 0 bridgehead atoms. The quantitative estimate of drug-likeness (QED) is 0.127. The molecule has 15 nitrogen and oxygen atoms in total. The second kappa shape index (κ2) is 21.5. The Labute approximate surface area is 324 Å². The van der Waals surface area contributed by atoms with Crippen molar-refractivity contribution in [3.8, 4) is 0 Å². The fraction of sp³-hybridized carbons (Fsp3) is 0.923. The van der Waals surface area contributed by atoms with Crippen LogP contribution in [0.3, 0.4) is 0 Å². The van der Waals surface area contributed by atoms with Crippen LogP contribution in [-0.2, 0) is 38.1 Å². The minimum Gasteiger partial charge on any atom is -0.461 e. The average Bonchev–Trinajstić information content (AvgIpc) is 3.12. The Morgan fingerprint density at radius 2 is 1.67 bits per heavy atom. The summed E-state index contributed by atoms with van der Waals surface area (Å²) < 4.78 is 31.2. The summed E-state index contributed by atoms with van der Waals surface area (Å²) in [5.41, 5.74) is -3.22. The molecule has 0 aliphatic carbocycles. The predicted octanol–water partition coefficient (Wildman–Crippen LogP) is 1.69. The molecular weight excluding hydrogens is 700 g/mol. The third-order valence-corrected chi connectivity index (χ3v) is 11.6. The lowest BCUT2D eigenvalue weighted by molar-refractivity contribution is -0.301. The molecule has 5 N–H and O–H groups in total. The minimum atomic E-state index is -1.95. The monoisotopic (exact) mass is 775 g/mol. The van der Waals surface area contributed by atoms with Gasteiger partial charge in [-0.2, -0.15) is 0 Å². The Bertz CT molecular complexity index is 1170. The molecule has 1 amide bonds. The number of methoxy groups -OCH3 is 1. The van der Waals surface area contributed by atoms with Crippen LogP contribution in [0.4, 0.5) is 0 Å². The van der Waals surface area contributed by atoms with Crippen molar-refractivity contribution in [2.75, 3.05) is 53.9 Å². The highest BCUT2D eigenvalue weighted by Gasteiger charge is 2.52. The summed E-state index contributed by atoms with van der Waals surface area (Å²) in [7, 11) is 5.23. The van der Waals surface area contributed by atoms with Gasteiger partial charge in [0.15, 0.2) is 6.29 Å². The molecule has 0 aromatic heterocycles. The Hall–Kier alpha value is -1.95. The van der Waals surface area contributed by atoms with Gasteiger partial charge in [-0.3, -0.25) is 14.4 Å². The summed E-state index contributed by atoms with van der Waals surface area (Å²) in [6.07, 6.45) is -6.48. The maximum atomic E-state index is 14.1. The number of carbonyl (C=O) groups excluding carboxylic acids is 3. The number of rotatable bonds is 14. The third kappa shape index (κ3) is 12.5. The molecule has 316 valence electrons. The van der Waals surface area contributed by atoms with Crippen LogP contribution in [0.2, 0.25) is 0 Å². The van der Waals surface area contributed by atoms with Crippen LogP contribution < -0.4 is 10.6 Å². The number of cyclic esters (lactones) is 1. The number of carbonyl (C=O) groups is 3. The van der Waals surface area contributed by atoms with Crippen LogP contribution >= 0.6 is 0 Å². The lowest BCUT2D eigenvalue weighted by Crippen LogP contribution is -2.60. The van der Waals surface area contributed by atoms with Crippen LogP contribution in [0.25, 0.3) is 0 Å². The van der Waals surface area contributed by atoms with Crippen LogP contribution in [0.15, 0.2) is 0 Å². The standard InChI is InChI=1S/C39H74N4O11/c1-14-29-39(10,49)33(46)27(8)41-35(47)23(4)22-38(9,50-13)34(54-37-31(45)28(42(11)12)21-24(5)51-37)25(6)32(26(7)36(48)52-29)53-30(44)17-18-40-19-20-43(15-2)16-3/h23-29,31-34,37,40,45-46,49H,14-22H2,1-13H3,(H,41,47)/t23-,24-,25+,26-,27-,28+,29-,31-,32+,33-,34-,37+,38-,39-/m1/s1. The van der Waals surface area contributed by atoms with Crippen molar-refractivity contribution in [1.29, 1.82) is 0 Å². The number of aliphatic hydroxyl groups excluding tert-OH is 2. The Morgan fingerprint density at radius 1 is 1.04 bits per heavy atom. The van der Waals surface area contributed by atoms with Crippen molar-refractivity contribution in [1.82, 2.24) is 20.4 Å². The maximum Gasteiger partial charge on any atom is 0.312 e. The SMILES string of the molecule is CC[C@H]1OC(=O)[C@H](C)[C@@H](OC(=O)CCNCCN(CC)CC)[C@H](C)[C@@H](O[C@@H]2O[C@H](C)C[C@H](N(C)C)[C@H]2O)[C@](C)(OC)C[C@@H](C)C(=O)N[C@H](C)[C@@H](O)[C@]1(C)O. The molecule has 2 heterocycles. The predicted molar refractivity (Wildman–Crippen MR) is 204 cm³/mol. The molecule has 0 saturated carbocycles. The summed E-state index contributed by atoms with van der Waals surface area (Å²) >= 11 is 0. The third-order valence-electron chi connectivity index (χ3n) is 11.6. The zero-order valence-electron chi connectivity index (χ0n) is 35.3. The lowest BCUT2D eigenvalue weighted by atomic mass is 9.77. The Morgan fingerprint density at radius 3 is 2.22 bits per heavy atom. The molecule has 0 unspecified atom stereocenters. The highest BCUT2D eigenvalue weighted by atomic mass is 16.7. The zero-order valence-corrected chi connectivity index (χ0v) is 35.3. The van der Waals surface area contributed by atoms with E-state index in [1.165, 1.54) is 14.0 Å². The Balaban J connectivity index is 2.66. The van der Waals surface area contributed by atoms with Crippen molar-refractivity contribution in [2.45, 2.75) is 161 Å². The van der Waals surface area contributed by atoms with Crippen LogP contribution in [0, 0.1) is 17.8 Å². The summed E-state index contributed by atoms with van der Waals surface area (Å²) in [4.78, 5) is 45.5. The van der Waals surface area contributed by atoms with Crippen LogP contribution in [-0.4, -0.2) is 163 Å². The van der Waals surface area contributed by atoms with Gasteiger partial charge in [-0.15, -0.1) is 0 Å². The van der Waals surface area contributed by atoms with Crippen molar-refractivity contribution < 1.29 is 53.4 Å². The number of hydrogen-bond acceptors (Lipinski definition) is 14. The minimum absolute atomic E-state index is 0.0242. The van der Waals surface area contributed by atoms with Crippen LogP contribution in [0.5, 0.6) is 0 Å². The van der Waals surface area contributed by atoms with Crippen molar-refractivity contribution in [2.24, 2.45) is 17.8 Å². The van der Waals surface area contributed by atoms with E-state index in [0.717, 1.165) is 19.6 Å². The molecule has 0 aromatic rings. The molecule has 54 heavy (non-hydrogen) atoms. The van der Waals surface area contributed by atoms with Gasteiger partial charge in [-0.25, -0.2) is 0 Å². The molecule has 2 aliphatic rings. The second-order valence-corrected chi connectivity index (χ2v) is 16.2. The van der Waals surface area contributed by atoms with E-state index in [2.05, 4.69) is 29.4 Å². The fourth-order valence-corrected chi connectivity index (χ4v) is 7.92. The number of esters is 2. The van der Waals surface area contributed by atoms with Crippen molar-refractivity contribution in [3.05, 3.63) is 0 Å². The fourth-order valence-electron chi connectivity index (χ4n) is 7.92. The van der Waals surface area contributed by atoms with E-state index in [1.54, 1.807) is 41.5 Å². The number of ether oxygens (including phenoxy) is 5. The van der Waals surface area contributed by atoms with Gasteiger partial charge in [-0.05, 0) is 81.1 Å². The van der Waals surface area contributed by atoms with E-state index in [0.29, 0.717) is 19.5 Å². The molecule has 2 saturated heterocycles. The molecule has 0 radical (unpaired) electrons. The van der Waals surface area contributed by atoms with E-state index in [4.69, 9.17) is 23.7 Å². The number of likely N-dealkylation sites (N-methyl/N-ethyl adjacent to an activating group) is 2. The van der Waals surface area contributed by atoms with E-state index in [9.17, 15) is 29.7 Å². The summed E-state index contributed by atoms with van der Waals surface area (Å²) in [6.45, 7) is 21.3. The average molecular weight is 775 g/mol. The number of hydrogen-bond donors (Lipinski definition) is 5.